The first-order valence-corrected chi connectivity index (χ1v) is 11.2. The molecule has 2 aliphatic rings. The molecule has 2 aromatic rings. The largest absolute Gasteiger partial charge is 0.507 e. The standard InChI is InChI=1S/C26H29NO6/c1-16(2)33-20-9-6-17(7-10-20)23-22(25(29)26(30)27(23)12-14-31-3)24(28)19-8-11-21-18(15-19)5-4-13-32-21/h6-11,15-16,23,28H,4-5,12-14H2,1-3H3/b24-22-. The van der Waals surface area contributed by atoms with E-state index in [2.05, 4.69) is 0 Å². The lowest BCUT2D eigenvalue weighted by atomic mass is 9.94. The van der Waals surface area contributed by atoms with Crippen LogP contribution in [0.3, 0.4) is 0 Å². The molecule has 2 aromatic carbocycles. The van der Waals surface area contributed by atoms with Crippen LogP contribution < -0.4 is 9.47 Å². The number of aryl methyl sites for hydroxylation is 1. The number of rotatable bonds is 7. The van der Waals surface area contributed by atoms with Crippen LogP contribution in [0.4, 0.5) is 0 Å². The minimum Gasteiger partial charge on any atom is -0.507 e. The van der Waals surface area contributed by atoms with E-state index in [-0.39, 0.29) is 30.6 Å². The van der Waals surface area contributed by atoms with Crippen LogP contribution in [0.15, 0.2) is 48.0 Å². The third kappa shape index (κ3) is 4.59. The van der Waals surface area contributed by atoms with Crippen molar-refractivity contribution in [1.29, 1.82) is 0 Å². The number of hydrogen-bond acceptors (Lipinski definition) is 6. The van der Waals surface area contributed by atoms with Crippen LogP contribution in [0.5, 0.6) is 11.5 Å². The fourth-order valence-corrected chi connectivity index (χ4v) is 4.31. The van der Waals surface area contributed by atoms with Gasteiger partial charge in [0.1, 0.15) is 17.3 Å². The minimum atomic E-state index is -0.722. The van der Waals surface area contributed by atoms with Crippen LogP contribution in [0.2, 0.25) is 0 Å². The molecule has 1 N–H and O–H groups in total. The molecule has 2 aliphatic heterocycles. The second-order valence-corrected chi connectivity index (χ2v) is 8.50. The predicted molar refractivity (Wildman–Crippen MR) is 123 cm³/mol. The van der Waals surface area contributed by atoms with E-state index in [1.165, 1.54) is 4.90 Å². The third-order valence-corrected chi connectivity index (χ3v) is 5.83. The monoisotopic (exact) mass is 451 g/mol. The molecule has 0 radical (unpaired) electrons. The molecule has 0 spiro atoms. The maximum atomic E-state index is 13.1. The SMILES string of the molecule is COCCN1C(=O)C(=O)/C(=C(\O)c2ccc3c(c2)CCCO3)C1c1ccc(OC(C)C)cc1. The number of aliphatic hydroxyl groups is 1. The number of amides is 1. The van der Waals surface area contributed by atoms with Gasteiger partial charge in [0.05, 0.1) is 30.9 Å². The molecule has 7 nitrogen and oxygen atoms in total. The van der Waals surface area contributed by atoms with Crippen molar-refractivity contribution in [3.05, 3.63) is 64.7 Å². The molecule has 0 aromatic heterocycles. The quantitative estimate of drug-likeness (QED) is 0.391. The molecule has 0 bridgehead atoms. The number of aliphatic hydroxyl groups excluding tert-OH is 1. The molecule has 7 heteroatoms. The Bertz CT molecular complexity index is 1070. The van der Waals surface area contributed by atoms with E-state index in [1.807, 2.05) is 44.2 Å². The molecule has 174 valence electrons. The molecule has 1 saturated heterocycles. The summed E-state index contributed by atoms with van der Waals surface area (Å²) < 4.78 is 16.5. The summed E-state index contributed by atoms with van der Waals surface area (Å²) in [7, 11) is 1.54. The van der Waals surface area contributed by atoms with Gasteiger partial charge in [-0.3, -0.25) is 9.59 Å². The summed E-state index contributed by atoms with van der Waals surface area (Å²) in [5.74, 6) is -0.0606. The average molecular weight is 452 g/mol. The molecular formula is C26H29NO6. The molecule has 1 fully saturated rings. The van der Waals surface area contributed by atoms with Crippen molar-refractivity contribution in [2.24, 2.45) is 0 Å². The highest BCUT2D eigenvalue weighted by Gasteiger charge is 2.45. The Morgan fingerprint density at radius 3 is 2.64 bits per heavy atom. The van der Waals surface area contributed by atoms with Crippen molar-refractivity contribution in [2.75, 3.05) is 26.9 Å². The van der Waals surface area contributed by atoms with Gasteiger partial charge in [0, 0.05) is 19.2 Å². The molecule has 1 unspecified atom stereocenters. The Morgan fingerprint density at radius 1 is 1.18 bits per heavy atom. The van der Waals surface area contributed by atoms with E-state index >= 15 is 0 Å². The maximum Gasteiger partial charge on any atom is 0.295 e. The summed E-state index contributed by atoms with van der Waals surface area (Å²) in [6.07, 6.45) is 1.75. The topological polar surface area (TPSA) is 85.3 Å². The number of ether oxygens (including phenoxy) is 3. The smallest absolute Gasteiger partial charge is 0.295 e. The summed E-state index contributed by atoms with van der Waals surface area (Å²) in [6, 6.07) is 11.9. The van der Waals surface area contributed by atoms with E-state index in [4.69, 9.17) is 14.2 Å². The molecule has 1 atom stereocenters. The van der Waals surface area contributed by atoms with E-state index in [0.29, 0.717) is 23.5 Å². The molecular weight excluding hydrogens is 422 g/mol. The van der Waals surface area contributed by atoms with Crippen LogP contribution in [0.1, 0.15) is 43.0 Å². The van der Waals surface area contributed by atoms with Gasteiger partial charge in [-0.15, -0.1) is 0 Å². The average Bonchev–Trinajstić information content (AvgIpc) is 3.07. The van der Waals surface area contributed by atoms with Gasteiger partial charge in [-0.2, -0.15) is 0 Å². The molecule has 4 rings (SSSR count). The van der Waals surface area contributed by atoms with Crippen molar-refractivity contribution < 1.29 is 28.9 Å². The van der Waals surface area contributed by atoms with Crippen molar-refractivity contribution in [3.8, 4) is 11.5 Å². The number of ketones is 1. The molecule has 0 saturated carbocycles. The molecule has 1 amide bonds. The van der Waals surface area contributed by atoms with E-state index < -0.39 is 17.7 Å². The van der Waals surface area contributed by atoms with E-state index in [0.717, 1.165) is 24.2 Å². The first kappa shape index (κ1) is 22.9. The lowest BCUT2D eigenvalue weighted by Crippen LogP contribution is -2.32. The van der Waals surface area contributed by atoms with Gasteiger partial charge in [-0.1, -0.05) is 12.1 Å². The number of hydrogen-bond donors (Lipinski definition) is 1. The van der Waals surface area contributed by atoms with E-state index in [1.54, 1.807) is 19.2 Å². The minimum absolute atomic E-state index is 0.0242. The van der Waals surface area contributed by atoms with Gasteiger partial charge >= 0.3 is 0 Å². The first-order valence-electron chi connectivity index (χ1n) is 11.2. The molecule has 0 aliphatic carbocycles. The lowest BCUT2D eigenvalue weighted by Gasteiger charge is -2.25. The van der Waals surface area contributed by atoms with Crippen LogP contribution in [0.25, 0.3) is 5.76 Å². The van der Waals surface area contributed by atoms with Crippen LogP contribution >= 0.6 is 0 Å². The first-order chi connectivity index (χ1) is 15.9. The number of carbonyl (C=O) groups is 2. The zero-order valence-corrected chi connectivity index (χ0v) is 19.2. The highest BCUT2D eigenvalue weighted by molar-refractivity contribution is 6.46. The second-order valence-electron chi connectivity index (χ2n) is 8.50. The summed E-state index contributed by atoms with van der Waals surface area (Å²) in [4.78, 5) is 27.5. The number of likely N-dealkylation sites (tertiary alicyclic amines) is 1. The molecule has 2 heterocycles. The number of carbonyl (C=O) groups excluding carboxylic acids is 2. The normalized spacial score (nSPS) is 19.5. The summed E-state index contributed by atoms with van der Waals surface area (Å²) in [5, 5.41) is 11.2. The maximum absolute atomic E-state index is 13.1. The van der Waals surface area contributed by atoms with Crippen LogP contribution in [0, 0.1) is 0 Å². The number of fused-ring (bicyclic) bond motifs is 1. The number of Topliss-reactive ketones (excluding diaryl/α,β-unsaturated/α-hetero) is 1. The molecule has 33 heavy (non-hydrogen) atoms. The van der Waals surface area contributed by atoms with Gasteiger partial charge in [0.15, 0.2) is 0 Å². The fraction of sp³-hybridized carbons (Fsp3) is 0.385. The summed E-state index contributed by atoms with van der Waals surface area (Å²) in [5.41, 5.74) is 2.26. The zero-order valence-electron chi connectivity index (χ0n) is 19.2. The van der Waals surface area contributed by atoms with Crippen molar-refractivity contribution >= 4 is 17.4 Å². The number of benzene rings is 2. The number of methoxy groups -OCH3 is 1. The Balaban J connectivity index is 1.78. The van der Waals surface area contributed by atoms with Crippen LogP contribution in [-0.4, -0.2) is 54.7 Å². The van der Waals surface area contributed by atoms with Crippen LogP contribution in [-0.2, 0) is 20.7 Å². The summed E-state index contributed by atoms with van der Waals surface area (Å²) >= 11 is 0. The van der Waals surface area contributed by atoms with Gasteiger partial charge in [-0.05, 0) is 68.1 Å². The summed E-state index contributed by atoms with van der Waals surface area (Å²) in [6.45, 7) is 5.05. The Kier molecular flexibility index (Phi) is 6.70. The Hall–Kier alpha value is -3.32. The van der Waals surface area contributed by atoms with Crippen molar-refractivity contribution in [3.63, 3.8) is 0 Å². The van der Waals surface area contributed by atoms with Crippen molar-refractivity contribution in [1.82, 2.24) is 4.90 Å². The Labute approximate surface area is 193 Å². The van der Waals surface area contributed by atoms with Gasteiger partial charge in [0.25, 0.3) is 11.7 Å². The Morgan fingerprint density at radius 2 is 1.94 bits per heavy atom. The second kappa shape index (κ2) is 9.67. The number of nitrogens with zero attached hydrogens (tertiary/aromatic N) is 1. The zero-order chi connectivity index (χ0) is 23.5. The predicted octanol–water partition coefficient (Wildman–Crippen LogP) is 3.87. The highest BCUT2D eigenvalue weighted by atomic mass is 16.5. The van der Waals surface area contributed by atoms with E-state index in [9.17, 15) is 14.7 Å². The lowest BCUT2D eigenvalue weighted by molar-refractivity contribution is -0.140. The fourth-order valence-electron chi connectivity index (χ4n) is 4.31. The highest BCUT2D eigenvalue weighted by Crippen LogP contribution is 2.40. The van der Waals surface area contributed by atoms with Gasteiger partial charge < -0.3 is 24.2 Å². The van der Waals surface area contributed by atoms with Crippen molar-refractivity contribution in [2.45, 2.75) is 38.8 Å². The third-order valence-electron chi connectivity index (χ3n) is 5.83. The van der Waals surface area contributed by atoms with Gasteiger partial charge in [0.2, 0.25) is 0 Å². The van der Waals surface area contributed by atoms with Gasteiger partial charge in [-0.25, -0.2) is 0 Å².